The van der Waals surface area contributed by atoms with Gasteiger partial charge in [0.1, 0.15) is 0 Å². The molecule has 2 nitrogen and oxygen atoms in total. The molecule has 0 saturated carbocycles. The first-order valence-electron chi connectivity index (χ1n) is 6.12. The number of rotatable bonds is 6. The van der Waals surface area contributed by atoms with Crippen LogP contribution in [0.5, 0.6) is 0 Å². The molecule has 0 aromatic heterocycles. The molecule has 0 N–H and O–H groups in total. The Morgan fingerprint density at radius 2 is 1.89 bits per heavy atom. The van der Waals surface area contributed by atoms with Crippen molar-refractivity contribution in [3.05, 3.63) is 60.6 Å². The van der Waals surface area contributed by atoms with Gasteiger partial charge in [0, 0.05) is 0 Å². The van der Waals surface area contributed by atoms with Crippen LogP contribution in [0.4, 0.5) is 0 Å². The van der Waals surface area contributed by atoms with Gasteiger partial charge in [0.15, 0.2) is 0 Å². The van der Waals surface area contributed by atoms with E-state index in [2.05, 4.69) is 33.5 Å². The minimum absolute atomic E-state index is 0. The van der Waals surface area contributed by atoms with E-state index in [1.54, 1.807) is 12.2 Å². The molecule has 0 heterocycles. The Balaban J connectivity index is 0.00000324. The molecule has 0 radical (unpaired) electrons. The van der Waals surface area contributed by atoms with Gasteiger partial charge in [-0.2, -0.15) is 0 Å². The maximum atomic E-state index is 11.7. The normalized spacial score (nSPS) is 13.3. The summed E-state index contributed by atoms with van der Waals surface area (Å²) in [7, 11) is 0. The molecule has 4 heteroatoms. The van der Waals surface area contributed by atoms with Gasteiger partial charge in [0.2, 0.25) is 0 Å². The van der Waals surface area contributed by atoms with E-state index in [9.17, 15) is 5.11 Å². The molecule has 0 saturated heterocycles. The topological polar surface area (TPSA) is 32.3 Å². The number of ether oxygens (including phenoxy) is 1. The molecule has 1 rings (SSSR count). The van der Waals surface area contributed by atoms with Gasteiger partial charge >= 0.3 is 133 Å². The van der Waals surface area contributed by atoms with Crippen LogP contribution in [0.15, 0.2) is 55.0 Å². The number of hydrogen-bond acceptors (Lipinski definition) is 2. The molecule has 0 amide bonds. The fourth-order valence-corrected chi connectivity index (χ4v) is 7.05. The Hall–Kier alpha value is -0.304. The van der Waals surface area contributed by atoms with Gasteiger partial charge in [0.25, 0.3) is 0 Å². The van der Waals surface area contributed by atoms with Crippen LogP contribution < -0.4 is 24.0 Å². The summed E-state index contributed by atoms with van der Waals surface area (Å²) in [5.41, 5.74) is 1.22. The SMILES string of the molecule is C=CCO/C([O-])=C/[CH](c1ccccc1)[Sn]([CH3])([CH3])[CH3].[Li+]. The molecule has 0 aliphatic heterocycles. The zero-order valence-corrected chi connectivity index (χ0v) is 15.2. The van der Waals surface area contributed by atoms with Crippen molar-refractivity contribution < 1.29 is 28.7 Å². The molecule has 98 valence electrons. The van der Waals surface area contributed by atoms with Gasteiger partial charge in [-0.1, -0.05) is 0 Å². The number of benzene rings is 1. The van der Waals surface area contributed by atoms with Crippen molar-refractivity contribution in [3.63, 3.8) is 0 Å². The fourth-order valence-electron chi connectivity index (χ4n) is 1.83. The van der Waals surface area contributed by atoms with Crippen molar-refractivity contribution in [1.82, 2.24) is 0 Å². The van der Waals surface area contributed by atoms with Crippen molar-refractivity contribution in [2.45, 2.75) is 18.8 Å². The second kappa shape index (κ2) is 8.79. The smallest absolute Gasteiger partial charge is 1.00 e. The largest absolute Gasteiger partial charge is 1.00 e. The quantitative estimate of drug-likeness (QED) is 0.409. The first-order chi connectivity index (χ1) is 8.45. The molecule has 1 aromatic rings. The standard InChI is InChI=1S/C12H13O2.3CH3.Li.Sn/c1-2-10-14-12(13)9-8-11-6-4-3-5-7-11;;;;;/h2-9,13H,1,10H2;3*1H3;;/q;;;;+1;/p-1/b12-9+;;;;;. The molecule has 1 atom stereocenters. The van der Waals surface area contributed by atoms with E-state index in [1.807, 2.05) is 18.2 Å². The van der Waals surface area contributed by atoms with Crippen molar-refractivity contribution >= 4 is 18.4 Å². The Morgan fingerprint density at radius 3 is 2.37 bits per heavy atom. The Kier molecular flexibility index (Phi) is 8.64. The van der Waals surface area contributed by atoms with Crippen LogP contribution in [0.1, 0.15) is 9.50 Å². The molecule has 0 aliphatic carbocycles. The summed E-state index contributed by atoms with van der Waals surface area (Å²) in [6.07, 6.45) is 3.33. The van der Waals surface area contributed by atoms with E-state index in [-0.39, 0.29) is 35.3 Å². The van der Waals surface area contributed by atoms with Gasteiger partial charge in [-0.15, -0.1) is 0 Å². The monoisotopic (exact) mass is 360 g/mol. The molecule has 0 spiro atoms. The molecular weight excluding hydrogens is 338 g/mol. The maximum Gasteiger partial charge on any atom is 1.00 e. The van der Waals surface area contributed by atoms with Crippen molar-refractivity contribution in [3.8, 4) is 0 Å². The summed E-state index contributed by atoms with van der Waals surface area (Å²) in [5.74, 6) is -0.240. The first-order valence-corrected chi connectivity index (χ1v) is 16.3. The van der Waals surface area contributed by atoms with Crippen LogP contribution in [-0.2, 0) is 4.74 Å². The van der Waals surface area contributed by atoms with Crippen LogP contribution in [0.3, 0.4) is 0 Å². The molecule has 0 fully saturated rings. The minimum Gasteiger partial charge on any atom is 1.00 e. The van der Waals surface area contributed by atoms with Gasteiger partial charge in [-0.25, -0.2) is 0 Å². The van der Waals surface area contributed by atoms with Crippen molar-refractivity contribution in [2.24, 2.45) is 0 Å². The molecular formula is C15H21LiO2Sn. The Bertz CT molecular complexity index is 410. The molecule has 0 bridgehead atoms. The second-order valence-electron chi connectivity index (χ2n) is 5.34. The third kappa shape index (κ3) is 6.60. The third-order valence-electron chi connectivity index (χ3n) is 2.74. The molecule has 1 aromatic carbocycles. The van der Waals surface area contributed by atoms with Crippen LogP contribution in [0.2, 0.25) is 14.8 Å². The van der Waals surface area contributed by atoms with Crippen LogP contribution in [0, 0.1) is 0 Å². The Labute approximate surface area is 132 Å². The third-order valence-corrected chi connectivity index (χ3v) is 9.49. The predicted octanol–water partition coefficient (Wildman–Crippen LogP) is 0.0559. The van der Waals surface area contributed by atoms with E-state index in [0.29, 0.717) is 0 Å². The summed E-state index contributed by atoms with van der Waals surface area (Å²) in [4.78, 5) is 6.97. The summed E-state index contributed by atoms with van der Waals surface area (Å²) < 4.78 is 5.31. The number of allylic oxidation sites excluding steroid dienone is 1. The van der Waals surface area contributed by atoms with E-state index in [0.717, 1.165) is 0 Å². The fraction of sp³-hybridized carbons (Fsp3) is 0.333. The van der Waals surface area contributed by atoms with Gasteiger partial charge in [-0.3, -0.25) is 0 Å². The summed E-state index contributed by atoms with van der Waals surface area (Å²) >= 11 is -2.27. The summed E-state index contributed by atoms with van der Waals surface area (Å²) in [5, 5.41) is 11.7. The van der Waals surface area contributed by atoms with Crippen molar-refractivity contribution in [2.75, 3.05) is 6.61 Å². The van der Waals surface area contributed by atoms with Crippen LogP contribution >= 0.6 is 0 Å². The molecule has 1 unspecified atom stereocenters. The zero-order valence-electron chi connectivity index (χ0n) is 12.3. The zero-order chi connectivity index (χ0) is 13.6. The van der Waals surface area contributed by atoms with Crippen molar-refractivity contribution in [1.29, 1.82) is 0 Å². The van der Waals surface area contributed by atoms with Crippen LogP contribution in [-0.4, -0.2) is 25.0 Å². The van der Waals surface area contributed by atoms with Gasteiger partial charge in [0.05, 0.1) is 0 Å². The summed E-state index contributed by atoms with van der Waals surface area (Å²) in [6, 6.07) is 10.2. The maximum absolute atomic E-state index is 11.7. The van der Waals surface area contributed by atoms with E-state index < -0.39 is 18.4 Å². The average molecular weight is 359 g/mol. The Morgan fingerprint density at radius 1 is 1.32 bits per heavy atom. The second-order valence-corrected chi connectivity index (χ2v) is 20.6. The van der Waals surface area contributed by atoms with E-state index in [4.69, 9.17) is 4.74 Å². The molecule has 0 aliphatic rings. The average Bonchev–Trinajstić information content (AvgIpc) is 2.33. The summed E-state index contributed by atoms with van der Waals surface area (Å²) in [6.45, 7) is 3.82. The minimum atomic E-state index is -2.27. The van der Waals surface area contributed by atoms with E-state index >= 15 is 0 Å². The van der Waals surface area contributed by atoms with Crippen LogP contribution in [0.25, 0.3) is 0 Å². The van der Waals surface area contributed by atoms with Gasteiger partial charge in [-0.05, 0) is 0 Å². The predicted molar refractivity (Wildman–Crippen MR) is 76.8 cm³/mol. The first kappa shape index (κ1) is 18.7. The van der Waals surface area contributed by atoms with Gasteiger partial charge < -0.3 is 0 Å². The van der Waals surface area contributed by atoms with E-state index in [1.165, 1.54) is 5.56 Å². The molecule has 19 heavy (non-hydrogen) atoms. The number of hydrogen-bond donors (Lipinski definition) is 0.